The summed E-state index contributed by atoms with van der Waals surface area (Å²) < 4.78 is 68.1. The number of carbonyl (C=O) groups excluding carboxylic acids is 1. The zero-order chi connectivity index (χ0) is 19.9. The molecule has 2 aromatic carbocycles. The molecule has 2 aromatic rings. The molecule has 0 saturated carbocycles. The molecule has 0 amide bonds. The van der Waals surface area contributed by atoms with Crippen LogP contribution in [0.2, 0.25) is 0 Å². The van der Waals surface area contributed by atoms with E-state index in [0.29, 0.717) is 12.1 Å². The molecule has 0 aromatic heterocycles. The van der Waals surface area contributed by atoms with Crippen molar-refractivity contribution in [2.45, 2.75) is 9.79 Å². The average Bonchev–Trinajstić information content (AvgIpc) is 2.52. The van der Waals surface area contributed by atoms with E-state index in [0.717, 1.165) is 25.3 Å². The zero-order valence-electron chi connectivity index (χ0n) is 14.9. The van der Waals surface area contributed by atoms with Crippen LogP contribution in [-0.2, 0) is 20.2 Å². The number of aromatic hydroxyl groups is 2. The maximum absolute atomic E-state index is 12.5. The van der Waals surface area contributed by atoms with Crippen molar-refractivity contribution >= 4 is 26.0 Å². The number of hydrogen-bond acceptors (Lipinski definition) is 8. The molecule has 0 heterocycles. The largest absolute Gasteiger partial charge is 1.00 e. The van der Waals surface area contributed by atoms with Crippen LogP contribution in [0.25, 0.3) is 0 Å². The van der Waals surface area contributed by atoms with Gasteiger partial charge in [0, 0.05) is 6.07 Å². The third-order valence-corrected chi connectivity index (χ3v) is 5.04. The minimum Gasteiger partial charge on any atom is -1.00 e. The van der Waals surface area contributed by atoms with Crippen molar-refractivity contribution in [1.82, 2.24) is 0 Å². The third-order valence-electron chi connectivity index (χ3n) is 3.31. The molecule has 13 heteroatoms. The molecule has 27 heavy (non-hydrogen) atoms. The van der Waals surface area contributed by atoms with Crippen molar-refractivity contribution in [3.8, 4) is 17.2 Å². The molecule has 0 aliphatic heterocycles. The van der Waals surface area contributed by atoms with Gasteiger partial charge < -0.3 is 16.4 Å². The van der Waals surface area contributed by atoms with Crippen LogP contribution < -0.4 is 34.3 Å². The summed E-state index contributed by atoms with van der Waals surface area (Å²) in [5, 5.41) is 19.7. The molecule has 0 aliphatic rings. The maximum Gasteiger partial charge on any atom is 1.00 e. The quantitative estimate of drug-likeness (QED) is 0.235. The van der Waals surface area contributed by atoms with Crippen molar-refractivity contribution in [2.24, 2.45) is 0 Å². The van der Waals surface area contributed by atoms with Crippen molar-refractivity contribution in [1.29, 1.82) is 0 Å². The summed E-state index contributed by atoms with van der Waals surface area (Å²) in [5.74, 6) is -3.06. The first-order chi connectivity index (χ1) is 11.9. The van der Waals surface area contributed by atoms with Crippen molar-refractivity contribution in [2.75, 3.05) is 7.11 Å². The van der Waals surface area contributed by atoms with E-state index < -0.39 is 64.2 Å². The molecular weight excluding hydrogens is 415 g/mol. The summed E-state index contributed by atoms with van der Waals surface area (Å²) in [6.45, 7) is 0. The first-order valence-electron chi connectivity index (χ1n) is 6.60. The number of rotatable bonds is 5. The van der Waals surface area contributed by atoms with Crippen LogP contribution in [0.5, 0.6) is 17.2 Å². The molecule has 0 atom stereocenters. The second kappa shape index (κ2) is 8.14. The smallest absolute Gasteiger partial charge is 1.00 e. The summed E-state index contributed by atoms with van der Waals surface area (Å²) in [7, 11) is -8.46. The SMILES string of the molecule is COc1cc(O)c(C(=O)c2cc(S(=O)(=O)O)ccc2O)cc1S(=O)(=O)O.[H-].[Na+]. The fourth-order valence-corrected chi connectivity index (χ4v) is 3.26. The van der Waals surface area contributed by atoms with Crippen molar-refractivity contribution < 1.29 is 76.7 Å². The summed E-state index contributed by atoms with van der Waals surface area (Å²) in [6.07, 6.45) is 0. The maximum atomic E-state index is 12.5. The number of benzene rings is 2. The second-order valence-electron chi connectivity index (χ2n) is 4.98. The van der Waals surface area contributed by atoms with Crippen LogP contribution in [0, 0.1) is 0 Å². The van der Waals surface area contributed by atoms with Gasteiger partial charge in [0.2, 0.25) is 5.78 Å². The number of methoxy groups -OCH3 is 1. The number of hydrogen-bond donors (Lipinski definition) is 4. The van der Waals surface area contributed by atoms with Gasteiger partial charge in [0.15, 0.2) is 0 Å². The van der Waals surface area contributed by atoms with Gasteiger partial charge in [-0.1, -0.05) is 0 Å². The summed E-state index contributed by atoms with van der Waals surface area (Å²) >= 11 is 0. The Kier molecular flexibility index (Phi) is 7.05. The Morgan fingerprint density at radius 3 is 1.96 bits per heavy atom. The van der Waals surface area contributed by atoms with Gasteiger partial charge >= 0.3 is 29.6 Å². The van der Waals surface area contributed by atoms with Gasteiger partial charge in [0.25, 0.3) is 20.2 Å². The molecular formula is C14H13NaO10S2. The van der Waals surface area contributed by atoms with E-state index >= 15 is 0 Å². The minimum atomic E-state index is -4.83. The van der Waals surface area contributed by atoms with Crippen LogP contribution >= 0.6 is 0 Å². The average molecular weight is 428 g/mol. The monoisotopic (exact) mass is 428 g/mol. The van der Waals surface area contributed by atoms with Gasteiger partial charge in [0.05, 0.1) is 23.1 Å². The molecule has 0 fully saturated rings. The molecule has 0 spiro atoms. The Labute approximate surface area is 177 Å². The van der Waals surface area contributed by atoms with Crippen LogP contribution in [0.1, 0.15) is 17.3 Å². The Hall–Kier alpha value is -1.67. The van der Waals surface area contributed by atoms with Gasteiger partial charge in [-0.3, -0.25) is 13.9 Å². The fraction of sp³-hybridized carbons (Fsp3) is 0.0714. The Morgan fingerprint density at radius 1 is 0.926 bits per heavy atom. The molecule has 10 nitrogen and oxygen atoms in total. The number of ether oxygens (including phenoxy) is 1. The first kappa shape index (κ1) is 23.4. The second-order valence-corrected chi connectivity index (χ2v) is 7.79. The molecule has 2 rings (SSSR count). The Balaban J connectivity index is 0.00000364. The van der Waals surface area contributed by atoms with E-state index in [1.54, 1.807) is 0 Å². The third kappa shape index (κ3) is 4.99. The zero-order valence-corrected chi connectivity index (χ0v) is 17.6. The van der Waals surface area contributed by atoms with Gasteiger partial charge in [-0.2, -0.15) is 16.8 Å². The van der Waals surface area contributed by atoms with Gasteiger partial charge in [-0.05, 0) is 24.3 Å². The molecule has 0 unspecified atom stereocenters. The topological polar surface area (TPSA) is 176 Å². The molecule has 0 radical (unpaired) electrons. The van der Waals surface area contributed by atoms with Crippen molar-refractivity contribution in [3.05, 3.63) is 41.5 Å². The number of phenolic OH excluding ortho intramolecular Hbond substituents is 2. The van der Waals surface area contributed by atoms with E-state index in [4.69, 9.17) is 9.29 Å². The van der Waals surface area contributed by atoms with Crippen LogP contribution in [-0.4, -0.2) is 49.0 Å². The van der Waals surface area contributed by atoms with E-state index in [1.165, 1.54) is 0 Å². The molecule has 0 bridgehead atoms. The Bertz CT molecular complexity index is 1110. The number of phenols is 2. The molecule has 0 saturated heterocycles. The number of carbonyl (C=O) groups is 1. The first-order valence-corrected chi connectivity index (χ1v) is 9.48. The van der Waals surface area contributed by atoms with Crippen LogP contribution in [0.4, 0.5) is 0 Å². The van der Waals surface area contributed by atoms with Crippen LogP contribution in [0.3, 0.4) is 0 Å². The summed E-state index contributed by atoms with van der Waals surface area (Å²) in [5.41, 5.74) is -1.30. The Morgan fingerprint density at radius 2 is 1.48 bits per heavy atom. The molecule has 0 aliphatic carbocycles. The van der Waals surface area contributed by atoms with Gasteiger partial charge in [-0.25, -0.2) is 0 Å². The number of ketones is 1. The van der Waals surface area contributed by atoms with E-state index in [1.807, 2.05) is 0 Å². The minimum absolute atomic E-state index is 0. The van der Waals surface area contributed by atoms with Gasteiger partial charge in [-0.15, -0.1) is 0 Å². The molecule has 4 N–H and O–H groups in total. The summed E-state index contributed by atoms with van der Waals surface area (Å²) in [4.78, 5) is 11.0. The normalized spacial score (nSPS) is 11.5. The fourth-order valence-electron chi connectivity index (χ4n) is 2.09. The van der Waals surface area contributed by atoms with E-state index in [9.17, 15) is 36.4 Å². The predicted octanol–water partition coefficient (Wildman–Crippen LogP) is -2.05. The van der Waals surface area contributed by atoms with Gasteiger partial charge in [0.1, 0.15) is 22.1 Å². The van der Waals surface area contributed by atoms with Crippen molar-refractivity contribution in [3.63, 3.8) is 0 Å². The van der Waals surface area contributed by atoms with E-state index in [2.05, 4.69) is 0 Å². The predicted molar refractivity (Wildman–Crippen MR) is 86.9 cm³/mol. The van der Waals surface area contributed by atoms with Crippen LogP contribution in [0.15, 0.2) is 40.1 Å². The van der Waals surface area contributed by atoms with E-state index in [-0.39, 0.29) is 31.0 Å². The summed E-state index contributed by atoms with van der Waals surface area (Å²) in [6, 6.07) is 3.65. The molecule has 142 valence electrons. The standard InChI is InChI=1S/C14H12O10S2.Na.H/c1-24-12-6-11(16)9(5-13(12)26(21,22)23)14(17)8-4-7(25(18,19)20)2-3-10(8)15;;/h2-6,15-16H,1H3,(H,18,19,20)(H,21,22,23);;/q;+1;-1.